The largest absolute Gasteiger partial charge is 0.497 e. The molecule has 0 aromatic heterocycles. The maximum Gasteiger partial charge on any atom is 0.142 e. The van der Waals surface area contributed by atoms with Crippen LogP contribution in [0.5, 0.6) is 17.2 Å². The number of hydrogen-bond donors (Lipinski definition) is 2. The van der Waals surface area contributed by atoms with Gasteiger partial charge >= 0.3 is 0 Å². The minimum atomic E-state index is -0.701. The van der Waals surface area contributed by atoms with Gasteiger partial charge in [-0.25, -0.2) is 0 Å². The molecule has 0 radical (unpaired) electrons. The van der Waals surface area contributed by atoms with Crippen LogP contribution in [0.15, 0.2) is 127 Å². The molecule has 5 rings (SSSR count). The molecule has 5 aromatic carbocycles. The van der Waals surface area contributed by atoms with Crippen LogP contribution in [-0.4, -0.2) is 37.3 Å². The van der Waals surface area contributed by atoms with Crippen molar-refractivity contribution in [2.75, 3.05) is 33.0 Å². The molecular weight excluding hydrogens is 572 g/mol. The minimum absolute atomic E-state index is 0.212. The molecule has 6 nitrogen and oxygen atoms in total. The monoisotopic (exact) mass is 616 g/mol. The summed E-state index contributed by atoms with van der Waals surface area (Å²) in [7, 11) is 3.38. The van der Waals surface area contributed by atoms with E-state index in [1.165, 1.54) is 16.7 Å². The summed E-state index contributed by atoms with van der Waals surface area (Å²) >= 11 is 0. The maximum absolute atomic E-state index is 11.4. The Labute approximate surface area is 273 Å². The molecule has 0 bridgehead atoms. The molecule has 238 valence electrons. The molecule has 0 saturated heterocycles. The number of nitrogen functional groups attached to an aromatic ring is 1. The standard InChI is InChI=1S/C40H44N2O4/c1-44-35-20-15-32(16-21-35)37(33-17-22-36(45-2)23-18-33)14-9-25-42(27-30-10-5-3-6-11-30)28-39(43)34-19-24-40(38(41)26-34)46-29-31-12-7-4-8-13-31/h3-8,10-13,15-24,26,37,39,43H,9,14,25,27-29,41H2,1-2H3/t39-/m1/s1. The van der Waals surface area contributed by atoms with Crippen LogP contribution >= 0.6 is 0 Å². The molecular formula is C40H44N2O4. The molecule has 3 N–H and O–H groups in total. The van der Waals surface area contributed by atoms with E-state index < -0.39 is 6.10 Å². The zero-order valence-electron chi connectivity index (χ0n) is 26.7. The first-order chi connectivity index (χ1) is 22.5. The van der Waals surface area contributed by atoms with E-state index in [1.54, 1.807) is 14.2 Å². The number of benzene rings is 5. The Bertz CT molecular complexity index is 1560. The zero-order chi connectivity index (χ0) is 32.1. The summed E-state index contributed by atoms with van der Waals surface area (Å²) in [6, 6.07) is 42.7. The van der Waals surface area contributed by atoms with E-state index >= 15 is 0 Å². The van der Waals surface area contributed by atoms with Crippen molar-refractivity contribution in [3.05, 3.63) is 155 Å². The van der Waals surface area contributed by atoms with Crippen LogP contribution in [0.3, 0.4) is 0 Å². The quantitative estimate of drug-likeness (QED) is 0.109. The van der Waals surface area contributed by atoms with Gasteiger partial charge in [0.25, 0.3) is 0 Å². The molecule has 1 atom stereocenters. The van der Waals surface area contributed by atoms with Crippen LogP contribution in [0, 0.1) is 0 Å². The SMILES string of the molecule is COc1ccc(C(CCCN(Cc2ccccc2)C[C@@H](O)c2ccc(OCc3ccccc3)c(N)c2)c2ccc(OC)cc2)cc1. The van der Waals surface area contributed by atoms with E-state index in [0.29, 0.717) is 24.6 Å². The van der Waals surface area contributed by atoms with Gasteiger partial charge in [0, 0.05) is 19.0 Å². The Balaban J connectivity index is 1.27. The van der Waals surface area contributed by atoms with Crippen molar-refractivity contribution < 1.29 is 19.3 Å². The first-order valence-corrected chi connectivity index (χ1v) is 15.8. The lowest BCUT2D eigenvalue weighted by Crippen LogP contribution is -2.29. The molecule has 0 saturated carbocycles. The highest BCUT2D eigenvalue weighted by Crippen LogP contribution is 2.32. The highest BCUT2D eigenvalue weighted by atomic mass is 16.5. The van der Waals surface area contributed by atoms with Gasteiger partial charge in [-0.05, 0) is 83.6 Å². The average molecular weight is 617 g/mol. The molecule has 0 fully saturated rings. The number of nitrogens with two attached hydrogens (primary N) is 1. The minimum Gasteiger partial charge on any atom is -0.497 e. The summed E-state index contributed by atoms with van der Waals surface area (Å²) in [5.74, 6) is 2.51. The first kappa shape index (κ1) is 32.6. The van der Waals surface area contributed by atoms with E-state index in [1.807, 2.05) is 78.9 Å². The summed E-state index contributed by atoms with van der Waals surface area (Å²) in [6.45, 7) is 2.48. The highest BCUT2D eigenvalue weighted by Gasteiger charge is 2.19. The van der Waals surface area contributed by atoms with Crippen molar-refractivity contribution in [2.45, 2.75) is 38.0 Å². The van der Waals surface area contributed by atoms with E-state index in [-0.39, 0.29) is 5.92 Å². The van der Waals surface area contributed by atoms with Gasteiger partial charge in [0.05, 0.1) is 26.0 Å². The molecule has 0 aliphatic carbocycles. The third-order valence-electron chi connectivity index (χ3n) is 8.34. The predicted molar refractivity (Wildman–Crippen MR) is 185 cm³/mol. The van der Waals surface area contributed by atoms with Crippen molar-refractivity contribution >= 4 is 5.69 Å². The fourth-order valence-corrected chi connectivity index (χ4v) is 5.78. The summed E-state index contributed by atoms with van der Waals surface area (Å²) in [5.41, 5.74) is 12.4. The van der Waals surface area contributed by atoms with Gasteiger partial charge in [-0.1, -0.05) is 91.0 Å². The summed E-state index contributed by atoms with van der Waals surface area (Å²) in [6.07, 6.45) is 1.19. The predicted octanol–water partition coefficient (Wildman–Crippen LogP) is 8.01. The van der Waals surface area contributed by atoms with Gasteiger partial charge in [-0.2, -0.15) is 0 Å². The van der Waals surface area contributed by atoms with Gasteiger partial charge in [0.2, 0.25) is 0 Å². The van der Waals surface area contributed by atoms with Crippen LogP contribution in [-0.2, 0) is 13.2 Å². The van der Waals surface area contributed by atoms with Crippen LogP contribution in [0.1, 0.15) is 52.7 Å². The fraction of sp³-hybridized carbons (Fsp3) is 0.250. The number of hydrogen-bond acceptors (Lipinski definition) is 6. The van der Waals surface area contributed by atoms with Crippen molar-refractivity contribution in [2.24, 2.45) is 0 Å². The Hall–Kier alpha value is -4.78. The number of aliphatic hydroxyl groups is 1. The smallest absolute Gasteiger partial charge is 0.142 e. The van der Waals surface area contributed by atoms with Crippen molar-refractivity contribution in [1.82, 2.24) is 4.90 Å². The Morgan fingerprint density at radius 1 is 0.674 bits per heavy atom. The van der Waals surface area contributed by atoms with Crippen LogP contribution in [0.4, 0.5) is 5.69 Å². The van der Waals surface area contributed by atoms with Gasteiger partial charge in [0.1, 0.15) is 23.9 Å². The topological polar surface area (TPSA) is 77.2 Å². The van der Waals surface area contributed by atoms with Crippen LogP contribution in [0.25, 0.3) is 0 Å². The average Bonchev–Trinajstić information content (AvgIpc) is 3.10. The van der Waals surface area contributed by atoms with E-state index in [9.17, 15) is 5.11 Å². The zero-order valence-corrected chi connectivity index (χ0v) is 26.7. The molecule has 5 aromatic rings. The Morgan fingerprint density at radius 3 is 1.76 bits per heavy atom. The van der Waals surface area contributed by atoms with Gasteiger partial charge in [-0.3, -0.25) is 4.90 Å². The lowest BCUT2D eigenvalue weighted by molar-refractivity contribution is 0.107. The normalized spacial score (nSPS) is 11.8. The Morgan fingerprint density at radius 2 is 1.22 bits per heavy atom. The molecule has 0 aliphatic rings. The molecule has 0 heterocycles. The lowest BCUT2D eigenvalue weighted by atomic mass is 9.87. The van der Waals surface area contributed by atoms with Crippen molar-refractivity contribution in [3.8, 4) is 17.2 Å². The van der Waals surface area contributed by atoms with Crippen molar-refractivity contribution in [3.63, 3.8) is 0 Å². The molecule has 0 aliphatic heterocycles. The molecule has 0 amide bonds. The lowest BCUT2D eigenvalue weighted by Gasteiger charge is -2.27. The van der Waals surface area contributed by atoms with E-state index in [2.05, 4.69) is 53.4 Å². The van der Waals surface area contributed by atoms with Crippen LogP contribution in [0.2, 0.25) is 0 Å². The molecule has 0 spiro atoms. The number of aliphatic hydroxyl groups excluding tert-OH is 1. The third kappa shape index (κ3) is 9.13. The van der Waals surface area contributed by atoms with Gasteiger partial charge in [0.15, 0.2) is 0 Å². The summed E-state index contributed by atoms with van der Waals surface area (Å²) < 4.78 is 16.8. The number of nitrogens with zero attached hydrogens (tertiary/aromatic N) is 1. The maximum atomic E-state index is 11.4. The van der Waals surface area contributed by atoms with Crippen molar-refractivity contribution in [1.29, 1.82) is 0 Å². The summed E-state index contributed by atoms with van der Waals surface area (Å²) in [5, 5.41) is 11.4. The Kier molecular flexibility index (Phi) is 11.7. The molecule has 0 unspecified atom stereocenters. The summed E-state index contributed by atoms with van der Waals surface area (Å²) in [4.78, 5) is 2.33. The number of rotatable bonds is 16. The highest BCUT2D eigenvalue weighted by molar-refractivity contribution is 5.54. The van der Waals surface area contributed by atoms with Crippen LogP contribution < -0.4 is 19.9 Å². The fourth-order valence-electron chi connectivity index (χ4n) is 5.78. The number of ether oxygens (including phenoxy) is 3. The van der Waals surface area contributed by atoms with E-state index in [4.69, 9.17) is 19.9 Å². The molecule has 6 heteroatoms. The van der Waals surface area contributed by atoms with Gasteiger partial charge < -0.3 is 25.1 Å². The second-order valence-electron chi connectivity index (χ2n) is 11.5. The number of anilines is 1. The second-order valence-corrected chi connectivity index (χ2v) is 11.5. The first-order valence-electron chi connectivity index (χ1n) is 15.8. The molecule has 46 heavy (non-hydrogen) atoms. The number of methoxy groups -OCH3 is 2. The van der Waals surface area contributed by atoms with E-state index in [0.717, 1.165) is 48.6 Å². The van der Waals surface area contributed by atoms with Gasteiger partial charge in [-0.15, -0.1) is 0 Å². The third-order valence-corrected chi connectivity index (χ3v) is 8.34. The second kappa shape index (κ2) is 16.5.